The lowest BCUT2D eigenvalue weighted by molar-refractivity contribution is -0.121. The maximum absolute atomic E-state index is 13.6. The topological polar surface area (TPSA) is 83.4 Å². The van der Waals surface area contributed by atoms with Gasteiger partial charge in [0.25, 0.3) is 5.91 Å². The molecule has 0 saturated carbocycles. The highest BCUT2D eigenvalue weighted by Gasteiger charge is 2.39. The summed E-state index contributed by atoms with van der Waals surface area (Å²) in [5.41, 5.74) is 5.49. The molecule has 2 aliphatic heterocycles. The summed E-state index contributed by atoms with van der Waals surface area (Å²) in [7, 11) is 1.61. The molecule has 2 heterocycles. The van der Waals surface area contributed by atoms with Crippen LogP contribution in [0.5, 0.6) is 5.75 Å². The number of hydrazone groups is 1. The molecule has 2 atom stereocenters. The molecule has 0 spiro atoms. The third kappa shape index (κ3) is 5.47. The van der Waals surface area contributed by atoms with Crippen molar-refractivity contribution >= 4 is 40.1 Å². The summed E-state index contributed by atoms with van der Waals surface area (Å²) in [5.74, 6) is -0.213. The van der Waals surface area contributed by atoms with E-state index in [4.69, 9.17) is 9.84 Å². The van der Waals surface area contributed by atoms with E-state index < -0.39 is 5.25 Å². The number of nitrogens with zero attached hydrogens (tertiary/aromatic N) is 3. The first-order chi connectivity index (χ1) is 18.3. The highest BCUT2D eigenvalue weighted by atomic mass is 32.2. The molecule has 2 aliphatic rings. The van der Waals surface area contributed by atoms with Crippen LogP contribution < -0.4 is 10.1 Å². The fourth-order valence-electron chi connectivity index (χ4n) is 4.39. The van der Waals surface area contributed by atoms with Crippen molar-refractivity contribution in [2.45, 2.75) is 38.0 Å². The van der Waals surface area contributed by atoms with Crippen LogP contribution in [0.25, 0.3) is 0 Å². The van der Waals surface area contributed by atoms with Gasteiger partial charge in [-0.1, -0.05) is 30.0 Å². The number of thioether (sulfide) groups is 1. The zero-order valence-corrected chi connectivity index (χ0v) is 22.1. The van der Waals surface area contributed by atoms with Gasteiger partial charge in [-0.25, -0.2) is 9.40 Å². The molecule has 0 unspecified atom stereocenters. The van der Waals surface area contributed by atoms with Crippen LogP contribution in [0, 0.1) is 19.7 Å². The van der Waals surface area contributed by atoms with Crippen LogP contribution in [0.4, 0.5) is 10.1 Å². The molecule has 0 radical (unpaired) electrons. The lowest BCUT2D eigenvalue weighted by atomic mass is 9.98. The molecule has 0 aromatic heterocycles. The summed E-state index contributed by atoms with van der Waals surface area (Å²) >= 11 is 1.23. The van der Waals surface area contributed by atoms with Crippen molar-refractivity contribution in [3.05, 3.63) is 94.8 Å². The van der Waals surface area contributed by atoms with Gasteiger partial charge in [-0.2, -0.15) is 10.1 Å². The molecule has 0 bridgehead atoms. The van der Waals surface area contributed by atoms with E-state index in [9.17, 15) is 14.0 Å². The number of aryl methyl sites for hydroxylation is 2. The van der Waals surface area contributed by atoms with Gasteiger partial charge in [-0.3, -0.25) is 9.59 Å². The van der Waals surface area contributed by atoms with E-state index in [-0.39, 0.29) is 30.1 Å². The predicted octanol–water partition coefficient (Wildman–Crippen LogP) is 5.63. The molecule has 38 heavy (non-hydrogen) atoms. The monoisotopic (exact) mass is 530 g/mol. The van der Waals surface area contributed by atoms with E-state index in [0.717, 1.165) is 33.7 Å². The fourth-order valence-corrected chi connectivity index (χ4v) is 5.45. The Morgan fingerprint density at radius 3 is 2.50 bits per heavy atom. The standard InChI is InChI=1S/C29H27FN4O3S/c1-17-4-11-22(14-18(17)2)31-27(35)16-26-28(36)32-29(38-26)34-25(20-5-9-21(30)10-6-20)15-24(33-34)19-7-12-23(37-3)13-8-19/h4-14,25-26H,15-16H2,1-3H3,(H,31,35)/t25-,26+/m1/s1. The van der Waals surface area contributed by atoms with Gasteiger partial charge in [-0.05, 0) is 84.6 Å². The average Bonchev–Trinajstić information content (AvgIpc) is 3.51. The fraction of sp³-hybridized carbons (Fsp3) is 0.241. The Morgan fingerprint density at radius 1 is 1.08 bits per heavy atom. The highest BCUT2D eigenvalue weighted by molar-refractivity contribution is 8.15. The summed E-state index contributed by atoms with van der Waals surface area (Å²) < 4.78 is 18.9. The second kappa shape index (κ2) is 10.8. The average molecular weight is 531 g/mol. The molecule has 9 heteroatoms. The molecule has 3 aromatic carbocycles. The normalized spacial score (nSPS) is 18.8. The first-order valence-electron chi connectivity index (χ1n) is 12.2. The first kappa shape index (κ1) is 25.7. The number of carbonyl (C=O) groups excluding carboxylic acids is 2. The number of hydrogen-bond donors (Lipinski definition) is 1. The van der Waals surface area contributed by atoms with Gasteiger partial charge in [0.15, 0.2) is 5.17 Å². The summed E-state index contributed by atoms with van der Waals surface area (Å²) in [6.07, 6.45) is 0.539. The van der Waals surface area contributed by atoms with Gasteiger partial charge < -0.3 is 10.1 Å². The van der Waals surface area contributed by atoms with Crippen molar-refractivity contribution in [1.29, 1.82) is 0 Å². The number of nitrogens with one attached hydrogen (secondary N) is 1. The maximum Gasteiger partial charge on any atom is 0.262 e. The Bertz CT molecular complexity index is 1440. The number of anilines is 1. The molecular formula is C29H27FN4O3S. The Balaban J connectivity index is 1.34. The van der Waals surface area contributed by atoms with E-state index >= 15 is 0 Å². The molecule has 0 saturated heterocycles. The van der Waals surface area contributed by atoms with E-state index in [1.54, 1.807) is 24.3 Å². The number of aliphatic imine (C=N–C) groups is 1. The van der Waals surface area contributed by atoms with Gasteiger partial charge in [-0.15, -0.1) is 0 Å². The van der Waals surface area contributed by atoms with Crippen LogP contribution in [-0.2, 0) is 9.59 Å². The van der Waals surface area contributed by atoms with Crippen LogP contribution >= 0.6 is 11.8 Å². The van der Waals surface area contributed by atoms with E-state index in [0.29, 0.717) is 17.3 Å². The van der Waals surface area contributed by atoms with Gasteiger partial charge in [0.05, 0.1) is 18.9 Å². The zero-order valence-electron chi connectivity index (χ0n) is 21.3. The minimum Gasteiger partial charge on any atom is -0.497 e. The van der Waals surface area contributed by atoms with Crippen molar-refractivity contribution < 1.29 is 18.7 Å². The third-order valence-electron chi connectivity index (χ3n) is 6.67. The summed E-state index contributed by atoms with van der Waals surface area (Å²) in [6.45, 7) is 3.99. The summed E-state index contributed by atoms with van der Waals surface area (Å²) in [5, 5.41) is 9.20. The van der Waals surface area contributed by atoms with E-state index in [1.165, 1.54) is 23.9 Å². The maximum atomic E-state index is 13.6. The second-order valence-corrected chi connectivity index (χ2v) is 10.5. The van der Waals surface area contributed by atoms with Crippen LogP contribution in [0.15, 0.2) is 76.8 Å². The van der Waals surface area contributed by atoms with Crippen LogP contribution in [0.2, 0.25) is 0 Å². The second-order valence-electron chi connectivity index (χ2n) is 9.28. The SMILES string of the molecule is COc1ccc(C2=NN(C3=NC(=O)[C@H](CC(=O)Nc4ccc(C)c(C)c4)S3)[C@@H](c3ccc(F)cc3)C2)cc1. The molecule has 194 valence electrons. The Morgan fingerprint density at radius 2 is 1.82 bits per heavy atom. The Hall–Kier alpha value is -3.98. The molecule has 3 aromatic rings. The van der Waals surface area contributed by atoms with Crippen molar-refractivity contribution in [2.75, 3.05) is 12.4 Å². The highest BCUT2D eigenvalue weighted by Crippen LogP contribution is 2.39. The number of amides is 2. The summed E-state index contributed by atoms with van der Waals surface area (Å²) in [4.78, 5) is 29.8. The molecule has 1 N–H and O–H groups in total. The van der Waals surface area contributed by atoms with Crippen molar-refractivity contribution in [3.8, 4) is 5.75 Å². The van der Waals surface area contributed by atoms with Crippen LogP contribution in [0.1, 0.15) is 41.1 Å². The van der Waals surface area contributed by atoms with Crippen LogP contribution in [-0.4, -0.2) is 40.1 Å². The lowest BCUT2D eigenvalue weighted by Gasteiger charge is -2.23. The smallest absolute Gasteiger partial charge is 0.262 e. The van der Waals surface area contributed by atoms with Gasteiger partial charge in [0.2, 0.25) is 5.91 Å². The molecule has 2 amide bonds. The number of halogens is 1. The van der Waals surface area contributed by atoms with E-state index in [2.05, 4.69) is 10.3 Å². The molecule has 0 aliphatic carbocycles. The lowest BCUT2D eigenvalue weighted by Crippen LogP contribution is -2.25. The number of hydrogen-bond acceptors (Lipinski definition) is 6. The van der Waals surface area contributed by atoms with Crippen LogP contribution in [0.3, 0.4) is 0 Å². The van der Waals surface area contributed by atoms with Crippen molar-refractivity contribution in [3.63, 3.8) is 0 Å². The van der Waals surface area contributed by atoms with Gasteiger partial charge in [0, 0.05) is 18.5 Å². The number of methoxy groups -OCH3 is 1. The third-order valence-corrected chi connectivity index (χ3v) is 7.82. The summed E-state index contributed by atoms with van der Waals surface area (Å²) in [6, 6.07) is 19.3. The van der Waals surface area contributed by atoms with Crippen molar-refractivity contribution in [2.24, 2.45) is 10.1 Å². The minimum absolute atomic E-state index is 0.00642. The zero-order chi connectivity index (χ0) is 26.8. The van der Waals surface area contributed by atoms with Crippen molar-refractivity contribution in [1.82, 2.24) is 5.01 Å². The Kier molecular flexibility index (Phi) is 7.28. The number of ether oxygens (including phenoxy) is 1. The van der Waals surface area contributed by atoms with Gasteiger partial charge in [0.1, 0.15) is 16.8 Å². The van der Waals surface area contributed by atoms with E-state index in [1.807, 2.05) is 56.3 Å². The minimum atomic E-state index is -0.648. The predicted molar refractivity (Wildman–Crippen MR) is 148 cm³/mol. The number of rotatable bonds is 6. The first-order valence-corrected chi connectivity index (χ1v) is 13.1. The molecule has 0 fully saturated rings. The Labute approximate surface area is 224 Å². The van der Waals surface area contributed by atoms with Gasteiger partial charge >= 0.3 is 0 Å². The molecular weight excluding hydrogens is 503 g/mol. The number of benzene rings is 3. The number of carbonyl (C=O) groups is 2. The number of amidine groups is 1. The quantitative estimate of drug-likeness (QED) is 0.447. The largest absolute Gasteiger partial charge is 0.497 e. The molecule has 7 nitrogen and oxygen atoms in total. The molecule has 5 rings (SSSR count).